The zero-order chi connectivity index (χ0) is 15.5. The highest BCUT2D eigenvalue weighted by molar-refractivity contribution is 7.90. The molecule has 0 saturated carbocycles. The fourth-order valence-electron chi connectivity index (χ4n) is 2.16. The molecule has 2 heterocycles. The lowest BCUT2D eigenvalue weighted by molar-refractivity contribution is 0.601. The Morgan fingerprint density at radius 2 is 2.14 bits per heavy atom. The molecule has 0 aromatic carbocycles. The van der Waals surface area contributed by atoms with Gasteiger partial charge in [0, 0.05) is 32.6 Å². The van der Waals surface area contributed by atoms with Crippen molar-refractivity contribution in [2.24, 2.45) is 0 Å². The lowest BCUT2D eigenvalue weighted by Crippen LogP contribution is -2.27. The predicted octanol–water partition coefficient (Wildman–Crippen LogP) is 0.925. The van der Waals surface area contributed by atoms with Crippen molar-refractivity contribution in [2.75, 3.05) is 37.0 Å². The Morgan fingerprint density at radius 1 is 1.38 bits per heavy atom. The Labute approximate surface area is 125 Å². The summed E-state index contributed by atoms with van der Waals surface area (Å²) in [6.45, 7) is 4.05. The maximum Gasteiger partial charge on any atom is 0.152 e. The van der Waals surface area contributed by atoms with Gasteiger partial charge in [-0.25, -0.2) is 13.4 Å². The zero-order valence-corrected chi connectivity index (χ0v) is 13.5. The minimum atomic E-state index is -2.98. The van der Waals surface area contributed by atoms with E-state index in [0.29, 0.717) is 13.1 Å². The molecule has 0 saturated heterocycles. The van der Waals surface area contributed by atoms with E-state index in [4.69, 9.17) is 0 Å². The highest BCUT2D eigenvalue weighted by Crippen LogP contribution is 2.20. The maximum absolute atomic E-state index is 11.3. The zero-order valence-electron chi connectivity index (χ0n) is 12.7. The van der Waals surface area contributed by atoms with Crippen molar-refractivity contribution < 1.29 is 8.42 Å². The number of nitrogens with one attached hydrogen (secondary N) is 1. The Balaban J connectivity index is 2.32. The molecule has 0 fully saturated rings. The highest BCUT2D eigenvalue weighted by atomic mass is 32.2. The molecule has 1 N–H and O–H groups in total. The van der Waals surface area contributed by atoms with Crippen LogP contribution in [0.3, 0.4) is 0 Å². The summed E-state index contributed by atoms with van der Waals surface area (Å²) in [6.07, 6.45) is 3.23. The van der Waals surface area contributed by atoms with Crippen LogP contribution < -0.4 is 10.2 Å². The van der Waals surface area contributed by atoms with Gasteiger partial charge in [-0.3, -0.25) is 0 Å². The van der Waals surface area contributed by atoms with Gasteiger partial charge in [-0.2, -0.15) is 0 Å². The normalized spacial score (nSPS) is 12.0. The Morgan fingerprint density at radius 3 is 2.81 bits per heavy atom. The number of rotatable bonds is 7. The van der Waals surface area contributed by atoms with Crippen LogP contribution in [0.2, 0.25) is 0 Å². The second kappa shape index (κ2) is 6.44. The van der Waals surface area contributed by atoms with Gasteiger partial charge in [-0.1, -0.05) is 13.0 Å². The van der Waals surface area contributed by atoms with E-state index in [1.807, 2.05) is 40.7 Å². The average molecular weight is 310 g/mol. The summed E-state index contributed by atoms with van der Waals surface area (Å²) in [4.78, 5) is 6.52. The smallest absolute Gasteiger partial charge is 0.152 e. The third kappa shape index (κ3) is 3.95. The van der Waals surface area contributed by atoms with E-state index in [0.717, 1.165) is 23.7 Å². The number of aromatic nitrogens is 2. The van der Waals surface area contributed by atoms with E-state index in [1.165, 1.54) is 6.26 Å². The van der Waals surface area contributed by atoms with Crippen LogP contribution >= 0.6 is 0 Å². The van der Waals surface area contributed by atoms with Crippen molar-refractivity contribution in [3.8, 4) is 0 Å². The molecule has 2 aromatic rings. The summed E-state index contributed by atoms with van der Waals surface area (Å²) in [5, 5.41) is 3.30. The first kappa shape index (κ1) is 15.8. The van der Waals surface area contributed by atoms with Gasteiger partial charge >= 0.3 is 0 Å². The van der Waals surface area contributed by atoms with Crippen LogP contribution in [-0.2, 0) is 16.4 Å². The van der Waals surface area contributed by atoms with Crippen molar-refractivity contribution in [1.29, 1.82) is 0 Å². The first-order valence-electron chi connectivity index (χ1n) is 6.98. The van der Waals surface area contributed by atoms with E-state index in [9.17, 15) is 8.42 Å². The van der Waals surface area contributed by atoms with Gasteiger partial charge in [0.15, 0.2) is 5.82 Å². The molecular formula is C14H22N4O2S. The third-order valence-electron chi connectivity index (χ3n) is 3.31. The van der Waals surface area contributed by atoms with Gasteiger partial charge in [0.1, 0.15) is 15.5 Å². The minimum absolute atomic E-state index is 0.123. The van der Waals surface area contributed by atoms with Crippen LogP contribution in [0, 0.1) is 0 Å². The predicted molar refractivity (Wildman–Crippen MR) is 85.6 cm³/mol. The Bertz CT molecular complexity index is 709. The summed E-state index contributed by atoms with van der Waals surface area (Å²) in [7, 11) is -1.10. The molecule has 21 heavy (non-hydrogen) atoms. The third-order valence-corrected chi connectivity index (χ3v) is 4.23. The maximum atomic E-state index is 11.3. The molecule has 0 spiro atoms. The molecule has 6 nitrogen and oxygen atoms in total. The van der Waals surface area contributed by atoms with Crippen LogP contribution in [0.25, 0.3) is 5.65 Å². The molecule has 2 rings (SSSR count). The highest BCUT2D eigenvalue weighted by Gasteiger charge is 2.16. The van der Waals surface area contributed by atoms with E-state index in [1.54, 1.807) is 0 Å². The standard InChI is InChI=1S/C14H22N4O2S/c1-4-15-11-12-14(17(2)9-10-21(3,19)20)16-13-7-5-6-8-18(12)13/h5-8,15H,4,9-11H2,1-3H3. The molecule has 0 aliphatic heterocycles. The number of sulfone groups is 1. The van der Waals surface area contributed by atoms with Gasteiger partial charge in [-0.15, -0.1) is 0 Å². The summed E-state index contributed by atoms with van der Waals surface area (Å²) < 4.78 is 24.7. The molecule has 0 aliphatic carbocycles. The fourth-order valence-corrected chi connectivity index (χ4v) is 2.76. The first-order chi connectivity index (χ1) is 9.92. The number of anilines is 1. The second-order valence-electron chi connectivity index (χ2n) is 5.14. The van der Waals surface area contributed by atoms with E-state index >= 15 is 0 Å². The van der Waals surface area contributed by atoms with Gasteiger partial charge in [0.2, 0.25) is 0 Å². The van der Waals surface area contributed by atoms with Gasteiger partial charge in [0.05, 0.1) is 11.4 Å². The number of hydrogen-bond acceptors (Lipinski definition) is 5. The van der Waals surface area contributed by atoms with Crippen molar-refractivity contribution >= 4 is 21.3 Å². The second-order valence-corrected chi connectivity index (χ2v) is 7.40. The van der Waals surface area contributed by atoms with Crippen LogP contribution in [0.5, 0.6) is 0 Å². The van der Waals surface area contributed by atoms with Crippen molar-refractivity contribution in [3.05, 3.63) is 30.1 Å². The molecular weight excluding hydrogens is 288 g/mol. The lowest BCUT2D eigenvalue weighted by atomic mass is 10.3. The van der Waals surface area contributed by atoms with Crippen molar-refractivity contribution in [3.63, 3.8) is 0 Å². The summed E-state index contributed by atoms with van der Waals surface area (Å²) in [6, 6.07) is 5.85. The van der Waals surface area contributed by atoms with Crippen LogP contribution in [0.1, 0.15) is 12.6 Å². The van der Waals surface area contributed by atoms with Gasteiger partial charge in [-0.05, 0) is 18.7 Å². The van der Waals surface area contributed by atoms with E-state index in [-0.39, 0.29) is 5.75 Å². The van der Waals surface area contributed by atoms with Crippen molar-refractivity contribution in [2.45, 2.75) is 13.5 Å². The average Bonchev–Trinajstić information content (AvgIpc) is 2.80. The molecule has 116 valence electrons. The van der Waals surface area contributed by atoms with Gasteiger partial charge in [0.25, 0.3) is 0 Å². The lowest BCUT2D eigenvalue weighted by Gasteiger charge is -2.18. The largest absolute Gasteiger partial charge is 0.357 e. The SMILES string of the molecule is CCNCc1c(N(C)CCS(C)(=O)=O)nc2ccccn12. The molecule has 2 aromatic heterocycles. The van der Waals surface area contributed by atoms with Gasteiger partial charge < -0.3 is 14.6 Å². The monoisotopic (exact) mass is 310 g/mol. The molecule has 0 unspecified atom stereocenters. The Hall–Kier alpha value is -1.60. The van der Waals surface area contributed by atoms with Crippen LogP contribution in [0.4, 0.5) is 5.82 Å². The molecule has 0 aliphatic rings. The molecule has 0 amide bonds. The summed E-state index contributed by atoms with van der Waals surface area (Å²) >= 11 is 0. The Kier molecular flexibility index (Phi) is 4.84. The molecule has 0 atom stereocenters. The summed E-state index contributed by atoms with van der Waals surface area (Å²) in [5.74, 6) is 0.948. The number of pyridine rings is 1. The molecule has 0 bridgehead atoms. The number of fused-ring (bicyclic) bond motifs is 1. The molecule has 0 radical (unpaired) electrons. The van der Waals surface area contributed by atoms with E-state index in [2.05, 4.69) is 17.2 Å². The van der Waals surface area contributed by atoms with E-state index < -0.39 is 9.84 Å². The van der Waals surface area contributed by atoms with Crippen LogP contribution in [-0.4, -0.2) is 49.9 Å². The quantitative estimate of drug-likeness (QED) is 0.824. The topological polar surface area (TPSA) is 66.7 Å². The number of imidazole rings is 1. The first-order valence-corrected chi connectivity index (χ1v) is 9.04. The molecule has 7 heteroatoms. The van der Waals surface area contributed by atoms with Crippen LogP contribution in [0.15, 0.2) is 24.4 Å². The fraction of sp³-hybridized carbons (Fsp3) is 0.500. The summed E-state index contributed by atoms with van der Waals surface area (Å²) in [5.41, 5.74) is 1.91. The minimum Gasteiger partial charge on any atom is -0.357 e. The van der Waals surface area contributed by atoms with Crippen molar-refractivity contribution in [1.82, 2.24) is 14.7 Å². The number of hydrogen-bond donors (Lipinski definition) is 1. The number of nitrogens with zero attached hydrogens (tertiary/aromatic N) is 3.